The third-order valence-electron chi connectivity index (χ3n) is 7.18. The number of carbonyl (C=O) groups is 3. The van der Waals surface area contributed by atoms with Crippen molar-refractivity contribution in [2.24, 2.45) is 5.41 Å². The van der Waals surface area contributed by atoms with E-state index in [0.29, 0.717) is 70.9 Å². The van der Waals surface area contributed by atoms with E-state index in [1.165, 1.54) is 0 Å². The monoisotopic (exact) mass is 487 g/mol. The van der Waals surface area contributed by atoms with E-state index in [2.05, 4.69) is 15.7 Å². The van der Waals surface area contributed by atoms with Crippen LogP contribution in [0.2, 0.25) is 0 Å². The first kappa shape index (κ1) is 22.1. The minimum Gasteiger partial charge on any atom is -0.460 e. The Hall–Kier alpha value is -4.34. The number of aromatic nitrogens is 2. The molecule has 1 aromatic carbocycles. The van der Waals surface area contributed by atoms with Gasteiger partial charge >= 0.3 is 0 Å². The molecular formula is C26H25N5O5. The number of carbonyl (C=O) groups excluding carboxylic acids is 3. The van der Waals surface area contributed by atoms with Crippen LogP contribution in [0.4, 0.5) is 0 Å². The SMILES string of the molecule is CNC(=O)c1c(C)oc2cc(Oc3ccnn4cc(C(=O)N5CC6(CNC(=O)C6)C5)c(C)c34)ccc12. The number of aryl methyl sites for hydroxylation is 2. The topological polar surface area (TPSA) is 118 Å². The largest absolute Gasteiger partial charge is 0.460 e. The van der Waals surface area contributed by atoms with Gasteiger partial charge < -0.3 is 24.7 Å². The Morgan fingerprint density at radius 3 is 2.75 bits per heavy atom. The standard InChI is InChI=1S/C26H25N5O5/c1-14-18(25(34)30-12-26(13-30)9-21(32)28-11-26)10-31-23(14)19(6-7-29-31)36-16-4-5-17-20(8-16)35-15(2)22(17)24(33)27-3/h4-8,10H,9,11-13H2,1-3H3,(H,27,33)(H,28,32). The third kappa shape index (κ3) is 3.32. The van der Waals surface area contributed by atoms with Crippen molar-refractivity contribution in [1.29, 1.82) is 0 Å². The number of furan rings is 1. The highest BCUT2D eigenvalue weighted by atomic mass is 16.5. The van der Waals surface area contributed by atoms with Crippen LogP contribution in [0.1, 0.15) is 38.5 Å². The Kier molecular flexibility index (Phi) is 4.82. The number of nitrogens with zero attached hydrogens (tertiary/aromatic N) is 3. The number of hydrogen-bond donors (Lipinski definition) is 2. The molecule has 0 saturated carbocycles. The zero-order valence-electron chi connectivity index (χ0n) is 20.2. The predicted molar refractivity (Wildman–Crippen MR) is 130 cm³/mol. The Bertz CT molecular complexity index is 1580. The highest BCUT2D eigenvalue weighted by Crippen LogP contribution is 2.39. The van der Waals surface area contributed by atoms with Gasteiger partial charge in [0.15, 0.2) is 5.75 Å². The molecule has 10 nitrogen and oxygen atoms in total. The molecule has 2 fully saturated rings. The smallest absolute Gasteiger partial charge is 0.255 e. The van der Waals surface area contributed by atoms with Crippen LogP contribution in [0.5, 0.6) is 11.5 Å². The summed E-state index contributed by atoms with van der Waals surface area (Å²) in [5.74, 6) is 1.37. The molecule has 3 aromatic heterocycles. The summed E-state index contributed by atoms with van der Waals surface area (Å²) in [6.45, 7) is 5.38. The van der Waals surface area contributed by atoms with E-state index in [1.807, 2.05) is 6.92 Å². The summed E-state index contributed by atoms with van der Waals surface area (Å²) in [6.07, 6.45) is 3.80. The number of benzene rings is 1. The first-order chi connectivity index (χ1) is 17.3. The van der Waals surface area contributed by atoms with Gasteiger partial charge in [-0.15, -0.1) is 0 Å². The van der Waals surface area contributed by atoms with E-state index in [9.17, 15) is 14.4 Å². The van der Waals surface area contributed by atoms with Crippen molar-refractivity contribution >= 4 is 34.2 Å². The zero-order chi connectivity index (χ0) is 25.2. The van der Waals surface area contributed by atoms with Crippen LogP contribution in [0.25, 0.3) is 16.5 Å². The van der Waals surface area contributed by atoms with Gasteiger partial charge in [0.2, 0.25) is 5.91 Å². The molecule has 10 heteroatoms. The van der Waals surface area contributed by atoms with Gasteiger partial charge in [-0.1, -0.05) is 0 Å². The summed E-state index contributed by atoms with van der Waals surface area (Å²) in [5.41, 5.74) is 2.92. The van der Waals surface area contributed by atoms with E-state index >= 15 is 0 Å². The molecule has 0 aliphatic carbocycles. The first-order valence-corrected chi connectivity index (χ1v) is 11.7. The van der Waals surface area contributed by atoms with Gasteiger partial charge in [0.1, 0.15) is 22.6 Å². The highest BCUT2D eigenvalue weighted by molar-refractivity contribution is 6.07. The fourth-order valence-electron chi connectivity index (χ4n) is 5.37. The lowest BCUT2D eigenvalue weighted by Crippen LogP contribution is -2.59. The van der Waals surface area contributed by atoms with Crippen LogP contribution in [0.3, 0.4) is 0 Å². The van der Waals surface area contributed by atoms with E-state index < -0.39 is 0 Å². The van der Waals surface area contributed by atoms with Gasteiger partial charge in [-0.2, -0.15) is 5.10 Å². The van der Waals surface area contributed by atoms with E-state index in [0.717, 1.165) is 5.56 Å². The molecule has 5 heterocycles. The molecule has 2 saturated heterocycles. The number of rotatable bonds is 4. The molecule has 2 N–H and O–H groups in total. The van der Waals surface area contributed by atoms with Gasteiger partial charge in [0.05, 0.1) is 17.3 Å². The second-order valence-corrected chi connectivity index (χ2v) is 9.64. The number of amides is 3. The fourth-order valence-corrected chi connectivity index (χ4v) is 5.37. The number of fused-ring (bicyclic) bond motifs is 2. The first-order valence-electron chi connectivity index (χ1n) is 11.7. The van der Waals surface area contributed by atoms with Crippen molar-refractivity contribution in [3.63, 3.8) is 0 Å². The molecule has 0 unspecified atom stereocenters. The highest BCUT2D eigenvalue weighted by Gasteiger charge is 2.50. The van der Waals surface area contributed by atoms with Crippen molar-refractivity contribution in [1.82, 2.24) is 25.1 Å². The second-order valence-electron chi connectivity index (χ2n) is 9.64. The van der Waals surface area contributed by atoms with Crippen LogP contribution in [0, 0.1) is 19.3 Å². The van der Waals surface area contributed by atoms with Crippen molar-refractivity contribution in [3.05, 3.63) is 59.1 Å². The lowest BCUT2D eigenvalue weighted by atomic mass is 9.78. The number of nitrogens with one attached hydrogen (secondary N) is 2. The number of likely N-dealkylation sites (tertiary alicyclic amines) is 1. The quantitative estimate of drug-likeness (QED) is 0.457. The molecule has 1 spiro atoms. The minimum atomic E-state index is -0.208. The molecular weight excluding hydrogens is 462 g/mol. The molecule has 36 heavy (non-hydrogen) atoms. The molecule has 2 aliphatic rings. The maximum absolute atomic E-state index is 13.3. The lowest BCUT2D eigenvalue weighted by Gasteiger charge is -2.47. The normalized spacial score (nSPS) is 16.4. The van der Waals surface area contributed by atoms with Gasteiger partial charge in [-0.05, 0) is 31.5 Å². The van der Waals surface area contributed by atoms with Crippen molar-refractivity contribution in [2.45, 2.75) is 20.3 Å². The van der Waals surface area contributed by atoms with E-state index in [1.54, 1.807) is 60.0 Å². The third-order valence-corrected chi connectivity index (χ3v) is 7.18. The maximum atomic E-state index is 13.3. The number of ether oxygens (including phenoxy) is 1. The van der Waals surface area contributed by atoms with Crippen LogP contribution < -0.4 is 15.4 Å². The Morgan fingerprint density at radius 1 is 1.22 bits per heavy atom. The summed E-state index contributed by atoms with van der Waals surface area (Å²) >= 11 is 0. The van der Waals surface area contributed by atoms with Crippen LogP contribution in [0.15, 0.2) is 41.1 Å². The summed E-state index contributed by atoms with van der Waals surface area (Å²) in [4.78, 5) is 38.9. The Labute approximate surface area is 206 Å². The number of hydrogen-bond acceptors (Lipinski definition) is 6. The molecule has 6 rings (SSSR count). The summed E-state index contributed by atoms with van der Waals surface area (Å²) in [7, 11) is 1.58. The second kappa shape index (κ2) is 7.84. The predicted octanol–water partition coefficient (Wildman–Crippen LogP) is 2.81. The van der Waals surface area contributed by atoms with Crippen molar-refractivity contribution < 1.29 is 23.5 Å². The molecule has 0 radical (unpaired) electrons. The molecule has 0 bridgehead atoms. The average molecular weight is 488 g/mol. The maximum Gasteiger partial charge on any atom is 0.255 e. The molecule has 184 valence electrons. The minimum absolute atomic E-state index is 0.0478. The molecule has 0 atom stereocenters. The molecule has 2 aliphatic heterocycles. The summed E-state index contributed by atoms with van der Waals surface area (Å²) in [5, 5.41) is 10.6. The fraction of sp³-hybridized carbons (Fsp3) is 0.308. The van der Waals surface area contributed by atoms with Crippen molar-refractivity contribution in [2.75, 3.05) is 26.7 Å². The van der Waals surface area contributed by atoms with Gasteiger partial charge in [0.25, 0.3) is 11.8 Å². The Balaban J connectivity index is 1.29. The van der Waals surface area contributed by atoms with E-state index in [-0.39, 0.29) is 23.1 Å². The van der Waals surface area contributed by atoms with Gasteiger partial charge in [-0.25, -0.2) is 4.52 Å². The lowest BCUT2D eigenvalue weighted by molar-refractivity contribution is -0.120. The van der Waals surface area contributed by atoms with Gasteiger partial charge in [0, 0.05) is 62.2 Å². The van der Waals surface area contributed by atoms with Crippen molar-refractivity contribution in [3.8, 4) is 11.5 Å². The average Bonchev–Trinajstić information content (AvgIpc) is 3.50. The van der Waals surface area contributed by atoms with Crippen LogP contribution >= 0.6 is 0 Å². The summed E-state index contributed by atoms with van der Waals surface area (Å²) < 4.78 is 13.7. The summed E-state index contributed by atoms with van der Waals surface area (Å²) in [6, 6.07) is 7.07. The van der Waals surface area contributed by atoms with Crippen LogP contribution in [-0.2, 0) is 4.79 Å². The molecule has 4 aromatic rings. The van der Waals surface area contributed by atoms with Crippen LogP contribution in [-0.4, -0.2) is 58.9 Å². The molecule has 3 amide bonds. The van der Waals surface area contributed by atoms with Gasteiger partial charge in [-0.3, -0.25) is 14.4 Å². The zero-order valence-corrected chi connectivity index (χ0v) is 20.2. The van der Waals surface area contributed by atoms with E-state index in [4.69, 9.17) is 9.15 Å². The Morgan fingerprint density at radius 2 is 2.03 bits per heavy atom.